The van der Waals surface area contributed by atoms with E-state index in [4.69, 9.17) is 16.7 Å². The van der Waals surface area contributed by atoms with Crippen LogP contribution in [0.15, 0.2) is 41.3 Å². The van der Waals surface area contributed by atoms with Crippen molar-refractivity contribution >= 4 is 33.2 Å². The van der Waals surface area contributed by atoms with Gasteiger partial charge in [0, 0.05) is 50.5 Å². The first kappa shape index (κ1) is 24.8. The maximum atomic E-state index is 13.0. The lowest BCUT2D eigenvalue weighted by atomic mass is 10.1. The molecule has 0 spiro atoms. The van der Waals surface area contributed by atoms with Crippen molar-refractivity contribution in [1.82, 2.24) is 9.80 Å². The second-order valence-corrected chi connectivity index (χ2v) is 10.4. The van der Waals surface area contributed by atoms with Gasteiger partial charge in [-0.25, -0.2) is 13.6 Å². The molecule has 1 fully saturated rings. The van der Waals surface area contributed by atoms with Crippen LogP contribution in [0.3, 0.4) is 0 Å². The van der Waals surface area contributed by atoms with Gasteiger partial charge in [-0.05, 0) is 48.9 Å². The number of hydrogen-bond acceptors (Lipinski definition) is 5. The molecule has 184 valence electrons. The lowest BCUT2D eigenvalue weighted by molar-refractivity contribution is -0.137. The topological polar surface area (TPSA) is 86.9 Å². The van der Waals surface area contributed by atoms with Gasteiger partial charge in [0.05, 0.1) is 10.6 Å². The van der Waals surface area contributed by atoms with E-state index in [2.05, 4.69) is 4.90 Å². The maximum Gasteiger partial charge on any atom is 0.416 e. The average molecular weight is 517 g/mol. The number of nitrogens with zero attached hydrogens (tertiary/aromatic N) is 3. The van der Waals surface area contributed by atoms with Crippen molar-refractivity contribution in [3.8, 4) is 0 Å². The predicted octanol–water partition coefficient (Wildman–Crippen LogP) is 3.17. The smallest absolute Gasteiger partial charge is 0.369 e. The Bertz CT molecular complexity index is 1200. The number of carbonyl (C=O) groups is 1. The molecule has 2 aromatic carbocycles. The van der Waals surface area contributed by atoms with Gasteiger partial charge >= 0.3 is 6.18 Å². The standard InChI is InChI=1S/C22H24ClF3N4O3S/c23-19-11-15-14-30(21(31)18(15)13-20(19)34(27,32)33)6-2-5-28-7-9-29(10-8-28)17-4-1-3-16(12-17)22(24,25)26/h1,3-4,11-13H,2,5-10,14H2,(H2,27,32,33). The summed E-state index contributed by atoms with van der Waals surface area (Å²) in [7, 11) is -4.03. The quantitative estimate of drug-likeness (QED) is 0.637. The van der Waals surface area contributed by atoms with Crippen LogP contribution in [-0.4, -0.2) is 63.4 Å². The van der Waals surface area contributed by atoms with Crippen LogP contribution in [0.5, 0.6) is 0 Å². The van der Waals surface area contributed by atoms with Gasteiger partial charge in [-0.1, -0.05) is 17.7 Å². The zero-order chi connectivity index (χ0) is 24.7. The van der Waals surface area contributed by atoms with Gasteiger partial charge in [-0.15, -0.1) is 0 Å². The minimum Gasteiger partial charge on any atom is -0.369 e. The number of carbonyl (C=O) groups excluding carboxylic acids is 1. The molecule has 2 aliphatic heterocycles. The maximum absolute atomic E-state index is 13.0. The molecule has 0 bridgehead atoms. The Labute approximate surface area is 200 Å². The van der Waals surface area contributed by atoms with Crippen LogP contribution in [0.1, 0.15) is 27.9 Å². The van der Waals surface area contributed by atoms with Crippen molar-refractivity contribution in [2.45, 2.75) is 24.0 Å². The first-order chi connectivity index (χ1) is 15.9. The molecule has 0 aromatic heterocycles. The number of alkyl halides is 3. The molecule has 12 heteroatoms. The van der Waals surface area contributed by atoms with E-state index >= 15 is 0 Å². The summed E-state index contributed by atoms with van der Waals surface area (Å²) in [5.74, 6) is -0.258. The van der Waals surface area contributed by atoms with Gasteiger partial charge in [0.1, 0.15) is 4.90 Å². The highest BCUT2D eigenvalue weighted by atomic mass is 35.5. The van der Waals surface area contributed by atoms with E-state index in [1.807, 2.05) is 4.90 Å². The van der Waals surface area contributed by atoms with Crippen molar-refractivity contribution < 1.29 is 26.4 Å². The molecular formula is C22H24ClF3N4O3S. The van der Waals surface area contributed by atoms with Gasteiger partial charge in [0.15, 0.2) is 0 Å². The number of amides is 1. The van der Waals surface area contributed by atoms with Crippen LogP contribution >= 0.6 is 11.6 Å². The van der Waals surface area contributed by atoms with E-state index in [9.17, 15) is 26.4 Å². The zero-order valence-electron chi connectivity index (χ0n) is 18.2. The number of fused-ring (bicyclic) bond motifs is 1. The van der Waals surface area contributed by atoms with Crippen molar-refractivity contribution in [1.29, 1.82) is 0 Å². The van der Waals surface area contributed by atoms with Crippen LogP contribution in [-0.2, 0) is 22.7 Å². The largest absolute Gasteiger partial charge is 0.416 e. The number of benzene rings is 2. The molecule has 0 radical (unpaired) electrons. The summed E-state index contributed by atoms with van der Waals surface area (Å²) in [6.07, 6.45) is -3.66. The number of anilines is 1. The van der Waals surface area contributed by atoms with E-state index in [-0.39, 0.29) is 15.8 Å². The lowest BCUT2D eigenvalue weighted by Gasteiger charge is -2.36. The Hall–Kier alpha value is -2.34. The van der Waals surface area contributed by atoms with Gasteiger partial charge in [-0.3, -0.25) is 9.69 Å². The number of halogens is 4. The minimum atomic E-state index is -4.37. The molecule has 1 amide bonds. The summed E-state index contributed by atoms with van der Waals surface area (Å²) in [6.45, 7) is 4.22. The molecule has 4 rings (SSSR count). The number of piperazine rings is 1. The van der Waals surface area contributed by atoms with Gasteiger partial charge < -0.3 is 9.80 Å². The fourth-order valence-electron chi connectivity index (χ4n) is 4.36. The highest BCUT2D eigenvalue weighted by molar-refractivity contribution is 7.89. The molecule has 2 heterocycles. The second-order valence-electron chi connectivity index (χ2n) is 8.44. The van der Waals surface area contributed by atoms with Crippen molar-refractivity contribution in [2.75, 3.05) is 44.2 Å². The third-order valence-corrected chi connectivity index (χ3v) is 7.53. The molecule has 0 atom stereocenters. The second kappa shape index (κ2) is 9.37. The number of primary sulfonamides is 1. The molecule has 1 saturated heterocycles. The highest BCUT2D eigenvalue weighted by Gasteiger charge is 2.32. The van der Waals surface area contributed by atoms with Gasteiger partial charge in [0.2, 0.25) is 10.0 Å². The van der Waals surface area contributed by atoms with E-state index in [0.717, 1.165) is 12.6 Å². The monoisotopic (exact) mass is 516 g/mol. The van der Waals surface area contributed by atoms with Gasteiger partial charge in [0.25, 0.3) is 5.91 Å². The molecule has 2 aromatic rings. The summed E-state index contributed by atoms with van der Waals surface area (Å²) in [5.41, 5.74) is 0.869. The van der Waals surface area contributed by atoms with Crippen LogP contribution in [0.25, 0.3) is 0 Å². The fraction of sp³-hybridized carbons (Fsp3) is 0.409. The van der Waals surface area contributed by atoms with E-state index in [1.54, 1.807) is 11.0 Å². The normalized spacial score (nSPS) is 17.4. The van der Waals surface area contributed by atoms with Crippen molar-refractivity contribution in [2.24, 2.45) is 5.14 Å². The first-order valence-corrected chi connectivity index (χ1v) is 12.6. The summed E-state index contributed by atoms with van der Waals surface area (Å²) in [4.78, 5) is 18.3. The third-order valence-electron chi connectivity index (χ3n) is 6.16. The zero-order valence-corrected chi connectivity index (χ0v) is 19.8. The Morgan fingerprint density at radius 1 is 1.03 bits per heavy atom. The molecule has 2 aliphatic rings. The van der Waals surface area contributed by atoms with Crippen LogP contribution < -0.4 is 10.0 Å². The number of hydrogen-bond donors (Lipinski definition) is 1. The Morgan fingerprint density at radius 2 is 1.74 bits per heavy atom. The highest BCUT2D eigenvalue weighted by Crippen LogP contribution is 2.32. The molecule has 0 saturated carbocycles. The average Bonchev–Trinajstić information content (AvgIpc) is 3.07. The van der Waals surface area contributed by atoms with Crippen LogP contribution in [0, 0.1) is 0 Å². The Morgan fingerprint density at radius 3 is 2.38 bits per heavy atom. The molecule has 0 unspecified atom stereocenters. The summed E-state index contributed by atoms with van der Waals surface area (Å²) in [6, 6.07) is 8.08. The first-order valence-electron chi connectivity index (χ1n) is 10.7. The third kappa shape index (κ3) is 5.32. The summed E-state index contributed by atoms with van der Waals surface area (Å²) < 4.78 is 62.3. The molecular weight excluding hydrogens is 493 g/mol. The minimum absolute atomic E-state index is 0.00505. The molecule has 2 N–H and O–H groups in total. The number of sulfonamides is 1. The van der Waals surface area contributed by atoms with Crippen LogP contribution in [0.2, 0.25) is 5.02 Å². The van der Waals surface area contributed by atoms with E-state index < -0.39 is 21.8 Å². The Balaban J connectivity index is 1.28. The van der Waals surface area contributed by atoms with Crippen molar-refractivity contribution in [3.63, 3.8) is 0 Å². The number of nitrogens with two attached hydrogens (primary N) is 1. The summed E-state index contributed by atoms with van der Waals surface area (Å²) >= 11 is 6.03. The predicted molar refractivity (Wildman–Crippen MR) is 122 cm³/mol. The molecule has 34 heavy (non-hydrogen) atoms. The molecule has 0 aliphatic carbocycles. The van der Waals surface area contributed by atoms with E-state index in [1.165, 1.54) is 24.3 Å². The van der Waals surface area contributed by atoms with Crippen LogP contribution in [0.4, 0.5) is 18.9 Å². The summed E-state index contributed by atoms with van der Waals surface area (Å²) in [5, 5.41) is 5.17. The lowest BCUT2D eigenvalue weighted by Crippen LogP contribution is -2.47. The molecule has 7 nitrogen and oxygen atoms in total. The van der Waals surface area contributed by atoms with Gasteiger partial charge in [-0.2, -0.15) is 13.2 Å². The Kier molecular flexibility index (Phi) is 6.83. The number of rotatable bonds is 6. The fourth-order valence-corrected chi connectivity index (χ4v) is 5.49. The SMILES string of the molecule is NS(=O)(=O)c1cc2c(cc1Cl)CN(CCCN1CCN(c3cccc(C(F)(F)F)c3)CC1)C2=O. The van der Waals surface area contributed by atoms with E-state index in [0.29, 0.717) is 62.5 Å². The van der Waals surface area contributed by atoms with Crippen molar-refractivity contribution in [3.05, 3.63) is 58.1 Å².